The summed E-state index contributed by atoms with van der Waals surface area (Å²) >= 11 is 7.02. The number of anilines is 1. The van der Waals surface area contributed by atoms with Gasteiger partial charge >= 0.3 is 5.97 Å². The quantitative estimate of drug-likeness (QED) is 0.694. The van der Waals surface area contributed by atoms with Gasteiger partial charge in [0.2, 0.25) is 0 Å². The van der Waals surface area contributed by atoms with Gasteiger partial charge in [0.1, 0.15) is 4.88 Å². The van der Waals surface area contributed by atoms with E-state index in [0.717, 1.165) is 11.3 Å². The standard InChI is InChI=1S/C14H12ClNO3S/c1-2-19-14(18)11-7-9(13(16)20-11)12(17)8-5-3-4-6-10(8)15/h3-7H,2,16H2,1H3. The number of halogens is 1. The number of thiophene rings is 1. The number of benzene rings is 1. The normalized spacial score (nSPS) is 10.3. The monoisotopic (exact) mass is 309 g/mol. The molecule has 2 aromatic rings. The van der Waals surface area contributed by atoms with Crippen LogP contribution in [0.15, 0.2) is 30.3 Å². The molecule has 0 spiro atoms. The number of ether oxygens (including phenoxy) is 1. The second-order valence-electron chi connectivity index (χ2n) is 3.92. The molecular weight excluding hydrogens is 298 g/mol. The molecule has 0 aliphatic rings. The maximum absolute atomic E-state index is 12.4. The average Bonchev–Trinajstić information content (AvgIpc) is 2.81. The van der Waals surface area contributed by atoms with Crippen LogP contribution in [-0.4, -0.2) is 18.4 Å². The van der Waals surface area contributed by atoms with Gasteiger partial charge in [0.15, 0.2) is 5.78 Å². The molecule has 0 saturated heterocycles. The molecule has 1 aromatic carbocycles. The van der Waals surface area contributed by atoms with Gasteiger partial charge in [0.05, 0.1) is 22.2 Å². The molecule has 104 valence electrons. The summed E-state index contributed by atoms with van der Waals surface area (Å²) < 4.78 is 4.88. The van der Waals surface area contributed by atoms with Gasteiger partial charge in [0, 0.05) is 5.56 Å². The van der Waals surface area contributed by atoms with Crippen molar-refractivity contribution >= 4 is 39.7 Å². The number of ketones is 1. The van der Waals surface area contributed by atoms with Gasteiger partial charge in [-0.3, -0.25) is 4.79 Å². The second kappa shape index (κ2) is 6.07. The van der Waals surface area contributed by atoms with E-state index < -0.39 is 5.97 Å². The van der Waals surface area contributed by atoms with E-state index in [4.69, 9.17) is 22.1 Å². The molecular formula is C14H12ClNO3S. The van der Waals surface area contributed by atoms with Crippen LogP contribution in [0.5, 0.6) is 0 Å². The molecule has 1 aromatic heterocycles. The van der Waals surface area contributed by atoms with Crippen molar-refractivity contribution in [1.82, 2.24) is 0 Å². The summed E-state index contributed by atoms with van der Waals surface area (Å²) in [6.07, 6.45) is 0. The van der Waals surface area contributed by atoms with E-state index in [2.05, 4.69) is 0 Å². The Bertz CT molecular complexity index is 666. The number of hydrogen-bond acceptors (Lipinski definition) is 5. The Labute approximate surface area is 125 Å². The fourth-order valence-electron chi connectivity index (χ4n) is 1.68. The van der Waals surface area contributed by atoms with Crippen LogP contribution in [0.25, 0.3) is 0 Å². The zero-order chi connectivity index (χ0) is 14.7. The zero-order valence-corrected chi connectivity index (χ0v) is 12.3. The molecule has 0 aliphatic heterocycles. The Morgan fingerprint density at radius 1 is 1.30 bits per heavy atom. The van der Waals surface area contributed by atoms with E-state index in [9.17, 15) is 9.59 Å². The van der Waals surface area contributed by atoms with Crippen LogP contribution < -0.4 is 5.73 Å². The van der Waals surface area contributed by atoms with Crippen molar-refractivity contribution < 1.29 is 14.3 Å². The number of carbonyl (C=O) groups excluding carboxylic acids is 2. The van der Waals surface area contributed by atoms with Crippen molar-refractivity contribution in [3.63, 3.8) is 0 Å². The molecule has 2 rings (SSSR count). The molecule has 4 nitrogen and oxygen atoms in total. The molecule has 2 N–H and O–H groups in total. The van der Waals surface area contributed by atoms with Gasteiger partial charge in [-0.15, -0.1) is 11.3 Å². The first kappa shape index (κ1) is 14.6. The lowest BCUT2D eigenvalue weighted by atomic mass is 10.1. The highest BCUT2D eigenvalue weighted by molar-refractivity contribution is 7.18. The van der Waals surface area contributed by atoms with Gasteiger partial charge in [-0.2, -0.15) is 0 Å². The minimum Gasteiger partial charge on any atom is -0.462 e. The van der Waals surface area contributed by atoms with E-state index in [0.29, 0.717) is 15.5 Å². The summed E-state index contributed by atoms with van der Waals surface area (Å²) in [6.45, 7) is 1.98. The predicted molar refractivity (Wildman–Crippen MR) is 79.6 cm³/mol. The Hall–Kier alpha value is -1.85. The Balaban J connectivity index is 2.36. The Morgan fingerprint density at radius 3 is 2.65 bits per heavy atom. The van der Waals surface area contributed by atoms with Gasteiger partial charge in [-0.1, -0.05) is 23.7 Å². The van der Waals surface area contributed by atoms with E-state index in [1.165, 1.54) is 6.07 Å². The van der Waals surface area contributed by atoms with Crippen molar-refractivity contribution in [3.05, 3.63) is 51.4 Å². The third-order valence-electron chi connectivity index (χ3n) is 2.60. The molecule has 0 fully saturated rings. The van der Waals surface area contributed by atoms with Crippen molar-refractivity contribution in [1.29, 1.82) is 0 Å². The smallest absolute Gasteiger partial charge is 0.348 e. The van der Waals surface area contributed by atoms with E-state index in [-0.39, 0.29) is 23.0 Å². The third-order valence-corrected chi connectivity index (χ3v) is 3.87. The third kappa shape index (κ3) is 2.84. The molecule has 6 heteroatoms. The molecule has 1 heterocycles. The Morgan fingerprint density at radius 2 is 2.00 bits per heavy atom. The van der Waals surface area contributed by atoms with Gasteiger partial charge < -0.3 is 10.5 Å². The number of rotatable bonds is 4. The highest BCUT2D eigenvalue weighted by atomic mass is 35.5. The van der Waals surface area contributed by atoms with Crippen molar-refractivity contribution in [3.8, 4) is 0 Å². The molecule has 20 heavy (non-hydrogen) atoms. The number of nitrogen functional groups attached to an aromatic ring is 1. The summed E-state index contributed by atoms with van der Waals surface area (Å²) in [4.78, 5) is 24.3. The molecule has 0 amide bonds. The van der Waals surface area contributed by atoms with Crippen LogP contribution in [0.3, 0.4) is 0 Å². The first-order valence-corrected chi connectivity index (χ1v) is 7.09. The maximum atomic E-state index is 12.4. The number of hydrogen-bond donors (Lipinski definition) is 1. The molecule has 0 unspecified atom stereocenters. The fourth-order valence-corrected chi connectivity index (χ4v) is 2.71. The van der Waals surface area contributed by atoms with Crippen LogP contribution in [0.4, 0.5) is 5.00 Å². The van der Waals surface area contributed by atoms with Gasteiger partial charge in [-0.25, -0.2) is 4.79 Å². The molecule has 0 saturated carbocycles. The van der Waals surface area contributed by atoms with Crippen LogP contribution in [0.1, 0.15) is 32.5 Å². The molecule has 0 atom stereocenters. The van der Waals surface area contributed by atoms with Crippen LogP contribution in [0, 0.1) is 0 Å². The molecule has 0 radical (unpaired) electrons. The van der Waals surface area contributed by atoms with Gasteiger partial charge in [-0.05, 0) is 25.1 Å². The SMILES string of the molecule is CCOC(=O)c1cc(C(=O)c2ccccc2Cl)c(N)s1. The van der Waals surface area contributed by atoms with Crippen LogP contribution in [-0.2, 0) is 4.74 Å². The minimum absolute atomic E-state index is 0.268. The number of carbonyl (C=O) groups is 2. The zero-order valence-electron chi connectivity index (χ0n) is 10.7. The fraction of sp³-hybridized carbons (Fsp3) is 0.143. The number of esters is 1. The lowest BCUT2D eigenvalue weighted by molar-refractivity contribution is 0.0532. The van der Waals surface area contributed by atoms with Crippen molar-refractivity contribution in [2.24, 2.45) is 0 Å². The maximum Gasteiger partial charge on any atom is 0.348 e. The first-order valence-electron chi connectivity index (χ1n) is 5.90. The summed E-state index contributed by atoms with van der Waals surface area (Å²) in [7, 11) is 0. The van der Waals surface area contributed by atoms with E-state index >= 15 is 0 Å². The second-order valence-corrected chi connectivity index (χ2v) is 5.41. The summed E-state index contributed by atoms with van der Waals surface area (Å²) in [5.41, 5.74) is 6.44. The lowest BCUT2D eigenvalue weighted by Crippen LogP contribution is -2.04. The highest BCUT2D eigenvalue weighted by Crippen LogP contribution is 2.29. The van der Waals surface area contributed by atoms with Crippen molar-refractivity contribution in [2.45, 2.75) is 6.92 Å². The summed E-state index contributed by atoms with van der Waals surface area (Å²) in [5.74, 6) is -0.790. The number of nitrogens with two attached hydrogens (primary N) is 1. The Kier molecular flexibility index (Phi) is 4.42. The first-order chi connectivity index (χ1) is 9.54. The topological polar surface area (TPSA) is 69.4 Å². The van der Waals surface area contributed by atoms with E-state index in [1.807, 2.05) is 0 Å². The minimum atomic E-state index is -0.484. The molecule has 0 bridgehead atoms. The summed E-state index contributed by atoms with van der Waals surface area (Å²) in [5, 5.41) is 0.624. The predicted octanol–water partition coefficient (Wildman–Crippen LogP) is 3.39. The van der Waals surface area contributed by atoms with Crippen LogP contribution >= 0.6 is 22.9 Å². The van der Waals surface area contributed by atoms with E-state index in [1.54, 1.807) is 31.2 Å². The van der Waals surface area contributed by atoms with Gasteiger partial charge in [0.25, 0.3) is 0 Å². The lowest BCUT2D eigenvalue weighted by Gasteiger charge is -2.02. The molecule has 0 aliphatic carbocycles. The average molecular weight is 310 g/mol. The van der Waals surface area contributed by atoms with Crippen LogP contribution in [0.2, 0.25) is 5.02 Å². The summed E-state index contributed by atoms with van der Waals surface area (Å²) in [6, 6.07) is 8.15. The van der Waals surface area contributed by atoms with Crippen molar-refractivity contribution in [2.75, 3.05) is 12.3 Å². The largest absolute Gasteiger partial charge is 0.462 e. The highest BCUT2D eigenvalue weighted by Gasteiger charge is 2.21.